The van der Waals surface area contributed by atoms with Crippen LogP contribution in [0.1, 0.15) is 0 Å². The van der Waals surface area contributed by atoms with Crippen LogP contribution in [0.25, 0.3) is 0 Å². The summed E-state index contributed by atoms with van der Waals surface area (Å²) in [6.07, 6.45) is -1.13. The van der Waals surface area contributed by atoms with Crippen LogP contribution in [0.3, 0.4) is 0 Å². The SMILES string of the molecule is N[C@@H](CO)CNC(=O)O. The van der Waals surface area contributed by atoms with E-state index in [1.54, 1.807) is 0 Å². The van der Waals surface area contributed by atoms with Crippen molar-refractivity contribution in [1.82, 2.24) is 5.32 Å². The Labute approximate surface area is 52.5 Å². The van der Waals surface area contributed by atoms with Gasteiger partial charge in [0.2, 0.25) is 0 Å². The number of aliphatic hydroxyl groups excluding tert-OH is 1. The number of rotatable bonds is 3. The van der Waals surface area contributed by atoms with E-state index >= 15 is 0 Å². The van der Waals surface area contributed by atoms with Crippen molar-refractivity contribution in [2.75, 3.05) is 13.2 Å². The lowest BCUT2D eigenvalue weighted by atomic mass is 10.3. The van der Waals surface area contributed by atoms with E-state index in [9.17, 15) is 4.79 Å². The molecule has 0 saturated heterocycles. The maximum absolute atomic E-state index is 9.77. The van der Waals surface area contributed by atoms with E-state index in [0.717, 1.165) is 0 Å². The van der Waals surface area contributed by atoms with Crippen molar-refractivity contribution < 1.29 is 15.0 Å². The van der Waals surface area contributed by atoms with Gasteiger partial charge in [0.15, 0.2) is 0 Å². The van der Waals surface area contributed by atoms with Gasteiger partial charge in [-0.1, -0.05) is 0 Å². The second-order valence-electron chi connectivity index (χ2n) is 1.63. The minimum absolute atomic E-state index is 0.0891. The molecule has 0 aromatic carbocycles. The summed E-state index contributed by atoms with van der Waals surface area (Å²) in [7, 11) is 0. The van der Waals surface area contributed by atoms with Gasteiger partial charge < -0.3 is 21.3 Å². The van der Waals surface area contributed by atoms with Crippen molar-refractivity contribution in [2.45, 2.75) is 6.04 Å². The Bertz CT molecular complexity index is 95.8. The minimum atomic E-state index is -1.13. The fourth-order valence-electron chi connectivity index (χ4n) is 0.283. The maximum Gasteiger partial charge on any atom is 0.404 e. The van der Waals surface area contributed by atoms with Crippen molar-refractivity contribution in [3.63, 3.8) is 0 Å². The van der Waals surface area contributed by atoms with E-state index in [-0.39, 0.29) is 13.2 Å². The van der Waals surface area contributed by atoms with Crippen molar-refractivity contribution in [3.8, 4) is 0 Å². The van der Waals surface area contributed by atoms with E-state index < -0.39 is 12.1 Å². The lowest BCUT2D eigenvalue weighted by Gasteiger charge is -2.05. The number of amides is 1. The first-order valence-corrected chi connectivity index (χ1v) is 2.50. The summed E-state index contributed by atoms with van der Waals surface area (Å²) in [4.78, 5) is 9.77. The molecule has 0 aromatic rings. The topological polar surface area (TPSA) is 95.6 Å². The molecule has 5 nitrogen and oxygen atoms in total. The molecule has 0 aliphatic carbocycles. The molecular weight excluding hydrogens is 124 g/mol. The molecule has 5 heteroatoms. The van der Waals surface area contributed by atoms with Gasteiger partial charge in [-0.05, 0) is 0 Å². The smallest absolute Gasteiger partial charge is 0.404 e. The predicted octanol–water partition coefficient (Wildman–Crippen LogP) is -1.43. The minimum Gasteiger partial charge on any atom is -0.465 e. The fourth-order valence-corrected chi connectivity index (χ4v) is 0.283. The quantitative estimate of drug-likeness (QED) is 0.380. The summed E-state index contributed by atoms with van der Waals surface area (Å²) in [5.41, 5.74) is 5.15. The first-order valence-electron chi connectivity index (χ1n) is 2.50. The summed E-state index contributed by atoms with van der Waals surface area (Å²) in [5, 5.41) is 18.3. The molecule has 0 bridgehead atoms. The number of hydrogen-bond acceptors (Lipinski definition) is 3. The van der Waals surface area contributed by atoms with E-state index in [2.05, 4.69) is 0 Å². The molecule has 0 aromatic heterocycles. The highest BCUT2D eigenvalue weighted by Crippen LogP contribution is 1.70. The van der Waals surface area contributed by atoms with Crippen LogP contribution in [0, 0.1) is 0 Å². The van der Waals surface area contributed by atoms with Crippen LogP contribution in [0.5, 0.6) is 0 Å². The van der Waals surface area contributed by atoms with Crippen LogP contribution in [0.4, 0.5) is 4.79 Å². The fraction of sp³-hybridized carbons (Fsp3) is 0.750. The Morgan fingerprint density at radius 3 is 2.67 bits per heavy atom. The summed E-state index contributed by atoms with van der Waals surface area (Å²) in [6, 6.07) is -0.499. The second-order valence-corrected chi connectivity index (χ2v) is 1.63. The van der Waals surface area contributed by atoms with Gasteiger partial charge in [-0.2, -0.15) is 0 Å². The summed E-state index contributed by atoms with van der Waals surface area (Å²) in [5.74, 6) is 0. The zero-order valence-corrected chi connectivity index (χ0v) is 4.87. The van der Waals surface area contributed by atoms with Gasteiger partial charge in [0, 0.05) is 12.6 Å². The molecule has 0 saturated carbocycles. The average molecular weight is 134 g/mol. The molecule has 0 unspecified atom stereocenters. The summed E-state index contributed by atoms with van der Waals surface area (Å²) < 4.78 is 0. The summed E-state index contributed by atoms with van der Waals surface area (Å²) >= 11 is 0. The molecule has 0 radical (unpaired) electrons. The van der Waals surface area contributed by atoms with E-state index in [1.165, 1.54) is 0 Å². The molecule has 0 rings (SSSR count). The Balaban J connectivity index is 3.16. The molecule has 1 amide bonds. The number of hydrogen-bond donors (Lipinski definition) is 4. The van der Waals surface area contributed by atoms with Crippen LogP contribution in [-0.4, -0.2) is 35.5 Å². The van der Waals surface area contributed by atoms with Crippen LogP contribution in [0.15, 0.2) is 0 Å². The largest absolute Gasteiger partial charge is 0.465 e. The Kier molecular flexibility index (Phi) is 3.74. The zero-order chi connectivity index (χ0) is 7.28. The molecule has 0 fully saturated rings. The number of carboxylic acid groups (broad SMARTS) is 1. The third kappa shape index (κ3) is 5.05. The monoisotopic (exact) mass is 134 g/mol. The van der Waals surface area contributed by atoms with Crippen molar-refractivity contribution in [2.24, 2.45) is 5.73 Å². The predicted molar refractivity (Wildman–Crippen MR) is 31.1 cm³/mol. The maximum atomic E-state index is 9.77. The van der Waals surface area contributed by atoms with Crippen LogP contribution >= 0.6 is 0 Å². The van der Waals surface area contributed by atoms with Crippen molar-refractivity contribution in [1.29, 1.82) is 0 Å². The Morgan fingerprint density at radius 1 is 1.78 bits per heavy atom. The van der Waals surface area contributed by atoms with Gasteiger partial charge in [-0.15, -0.1) is 0 Å². The number of carbonyl (C=O) groups is 1. The first kappa shape index (κ1) is 8.19. The second kappa shape index (κ2) is 4.11. The number of nitrogens with two attached hydrogens (primary N) is 1. The molecule has 0 heterocycles. The van der Waals surface area contributed by atoms with Gasteiger partial charge in [-0.3, -0.25) is 0 Å². The van der Waals surface area contributed by atoms with Crippen molar-refractivity contribution in [3.05, 3.63) is 0 Å². The summed E-state index contributed by atoms with van der Waals surface area (Å²) in [6.45, 7) is -0.119. The van der Waals surface area contributed by atoms with Crippen LogP contribution in [-0.2, 0) is 0 Å². The average Bonchev–Trinajstić information content (AvgIpc) is 1.83. The molecule has 1 atom stereocenters. The highest BCUT2D eigenvalue weighted by Gasteiger charge is 2.00. The first-order chi connectivity index (χ1) is 4.16. The third-order valence-corrected chi connectivity index (χ3v) is 0.750. The highest BCUT2D eigenvalue weighted by molar-refractivity contribution is 5.64. The lowest BCUT2D eigenvalue weighted by molar-refractivity contribution is 0.191. The van der Waals surface area contributed by atoms with Gasteiger partial charge in [0.25, 0.3) is 0 Å². The molecule has 0 aliphatic rings. The van der Waals surface area contributed by atoms with E-state index in [4.69, 9.17) is 15.9 Å². The Morgan fingerprint density at radius 2 is 2.33 bits per heavy atom. The normalized spacial score (nSPS) is 12.7. The zero-order valence-electron chi connectivity index (χ0n) is 4.87. The Hall–Kier alpha value is -0.810. The molecule has 0 aliphatic heterocycles. The van der Waals surface area contributed by atoms with Crippen LogP contribution < -0.4 is 11.1 Å². The molecular formula is C4H10N2O3. The molecule has 0 spiro atoms. The number of aliphatic hydroxyl groups is 1. The van der Waals surface area contributed by atoms with E-state index in [1.807, 2.05) is 5.32 Å². The third-order valence-electron chi connectivity index (χ3n) is 0.750. The van der Waals surface area contributed by atoms with Gasteiger partial charge >= 0.3 is 6.09 Å². The highest BCUT2D eigenvalue weighted by atomic mass is 16.4. The number of nitrogens with one attached hydrogen (secondary N) is 1. The van der Waals surface area contributed by atoms with Crippen molar-refractivity contribution >= 4 is 6.09 Å². The van der Waals surface area contributed by atoms with E-state index in [0.29, 0.717) is 0 Å². The van der Waals surface area contributed by atoms with Gasteiger partial charge in [0.1, 0.15) is 0 Å². The van der Waals surface area contributed by atoms with Gasteiger partial charge in [-0.25, -0.2) is 4.79 Å². The molecule has 5 N–H and O–H groups in total. The van der Waals surface area contributed by atoms with Gasteiger partial charge in [0.05, 0.1) is 6.61 Å². The lowest BCUT2D eigenvalue weighted by Crippen LogP contribution is -2.38. The van der Waals surface area contributed by atoms with Crippen LogP contribution in [0.2, 0.25) is 0 Å². The molecule has 54 valence electrons. The molecule has 9 heavy (non-hydrogen) atoms. The standard InChI is InChI=1S/C4H10N2O3/c5-3(2-7)1-6-4(8)9/h3,6-7H,1-2,5H2,(H,8,9)/t3-/m1/s1.